The Morgan fingerprint density at radius 2 is 2.12 bits per heavy atom. The molecule has 0 aliphatic heterocycles. The van der Waals surface area contributed by atoms with Crippen LogP contribution in [-0.4, -0.2) is 29.3 Å². The van der Waals surface area contributed by atoms with Crippen LogP contribution in [0.15, 0.2) is 24.4 Å². The summed E-state index contributed by atoms with van der Waals surface area (Å²) in [6.07, 6.45) is 0.679. The van der Waals surface area contributed by atoms with E-state index in [1.54, 1.807) is 6.20 Å². The predicted molar refractivity (Wildman–Crippen MR) is 105 cm³/mol. The van der Waals surface area contributed by atoms with E-state index in [2.05, 4.69) is 47.2 Å². The van der Waals surface area contributed by atoms with Gasteiger partial charge in [0, 0.05) is 14.7 Å². The van der Waals surface area contributed by atoms with E-state index in [1.165, 1.54) is 18.2 Å². The molecule has 1 unspecified atom stereocenters. The standard InChI is InChI=1S/C16H21ClFIN2O2Si/c1-24(2,3)7-6-23-10-21-14(19)9-20-16(21)15(22)11-4-5-13(18)12(17)8-11/h4-5,8-9,15,22H,6-7,10H2,1-3H3. The summed E-state index contributed by atoms with van der Waals surface area (Å²) >= 11 is 7.95. The predicted octanol–water partition coefficient (Wildman–Crippen LogP) is 4.67. The molecule has 1 heterocycles. The first-order chi connectivity index (χ1) is 11.2. The highest BCUT2D eigenvalue weighted by Crippen LogP contribution is 2.26. The molecule has 0 fully saturated rings. The van der Waals surface area contributed by atoms with Crippen molar-refractivity contribution in [2.75, 3.05) is 6.61 Å². The third-order valence-corrected chi connectivity index (χ3v) is 6.41. The lowest BCUT2D eigenvalue weighted by atomic mass is 10.1. The van der Waals surface area contributed by atoms with Crippen LogP contribution in [0.3, 0.4) is 0 Å². The van der Waals surface area contributed by atoms with Gasteiger partial charge in [0.2, 0.25) is 0 Å². The molecule has 4 nitrogen and oxygen atoms in total. The Balaban J connectivity index is 2.12. The molecular weight excluding hydrogens is 462 g/mol. The van der Waals surface area contributed by atoms with Crippen LogP contribution in [-0.2, 0) is 11.5 Å². The normalized spacial score (nSPS) is 13.3. The quantitative estimate of drug-likeness (QED) is 0.354. The minimum absolute atomic E-state index is 0.0225. The molecule has 0 spiro atoms. The van der Waals surface area contributed by atoms with Gasteiger partial charge < -0.3 is 9.84 Å². The van der Waals surface area contributed by atoms with Crippen molar-refractivity contribution >= 4 is 42.3 Å². The zero-order chi connectivity index (χ0) is 17.9. The Morgan fingerprint density at radius 1 is 1.42 bits per heavy atom. The minimum Gasteiger partial charge on any atom is -0.380 e. The minimum atomic E-state index is -1.14. The van der Waals surface area contributed by atoms with Crippen LogP contribution in [0.2, 0.25) is 30.7 Å². The molecule has 0 radical (unpaired) electrons. The Labute approximate surface area is 161 Å². The zero-order valence-corrected chi connectivity index (χ0v) is 17.8. The van der Waals surface area contributed by atoms with Crippen molar-refractivity contribution < 1.29 is 14.2 Å². The van der Waals surface area contributed by atoms with Gasteiger partial charge in [-0.15, -0.1) is 0 Å². The molecule has 1 aromatic carbocycles. The topological polar surface area (TPSA) is 47.3 Å². The molecule has 1 aromatic heterocycles. The molecule has 8 heteroatoms. The summed E-state index contributed by atoms with van der Waals surface area (Å²) in [5, 5.41) is 10.5. The van der Waals surface area contributed by atoms with Crippen LogP contribution in [0.25, 0.3) is 0 Å². The smallest absolute Gasteiger partial charge is 0.145 e. The number of hydrogen-bond acceptors (Lipinski definition) is 3. The monoisotopic (exact) mass is 482 g/mol. The molecule has 0 saturated carbocycles. The van der Waals surface area contributed by atoms with Gasteiger partial charge in [0.1, 0.15) is 28.2 Å². The largest absolute Gasteiger partial charge is 0.380 e. The van der Waals surface area contributed by atoms with Gasteiger partial charge in [0.05, 0.1) is 11.2 Å². The number of hydrogen-bond donors (Lipinski definition) is 1. The van der Waals surface area contributed by atoms with Crippen molar-refractivity contribution in [1.29, 1.82) is 0 Å². The van der Waals surface area contributed by atoms with Crippen molar-refractivity contribution in [2.24, 2.45) is 0 Å². The fourth-order valence-electron chi connectivity index (χ4n) is 2.08. The maximum atomic E-state index is 13.3. The van der Waals surface area contributed by atoms with E-state index in [4.69, 9.17) is 16.3 Å². The first-order valence-corrected chi connectivity index (χ1v) is 12.8. The second-order valence-corrected chi connectivity index (χ2v) is 13.9. The zero-order valence-electron chi connectivity index (χ0n) is 13.9. The van der Waals surface area contributed by atoms with Gasteiger partial charge in [-0.2, -0.15) is 0 Å². The summed E-state index contributed by atoms with van der Waals surface area (Å²) in [6.45, 7) is 7.90. The maximum absolute atomic E-state index is 13.3. The number of ether oxygens (including phenoxy) is 1. The average molecular weight is 483 g/mol. The van der Waals surface area contributed by atoms with E-state index in [0.717, 1.165) is 9.74 Å². The summed E-state index contributed by atoms with van der Waals surface area (Å²) in [4.78, 5) is 4.27. The second kappa shape index (κ2) is 8.26. The SMILES string of the molecule is C[Si](C)(C)CCOCn1c(I)cnc1C(O)c1ccc(F)c(Cl)c1. The highest BCUT2D eigenvalue weighted by Gasteiger charge is 2.20. The van der Waals surface area contributed by atoms with E-state index in [1.807, 2.05) is 4.57 Å². The average Bonchev–Trinajstić information content (AvgIpc) is 2.86. The first-order valence-electron chi connectivity index (χ1n) is 7.61. The van der Waals surface area contributed by atoms with Gasteiger partial charge in [0.25, 0.3) is 0 Å². The van der Waals surface area contributed by atoms with Gasteiger partial charge in [-0.1, -0.05) is 37.3 Å². The number of imidazole rings is 1. The van der Waals surface area contributed by atoms with Crippen molar-refractivity contribution in [2.45, 2.75) is 38.5 Å². The molecule has 2 aromatic rings. The van der Waals surface area contributed by atoms with Gasteiger partial charge in [-0.3, -0.25) is 4.57 Å². The first kappa shape index (κ1) is 19.8. The molecular formula is C16H21ClFIN2O2Si. The van der Waals surface area contributed by atoms with Gasteiger partial charge in [-0.05, 0) is 46.3 Å². The molecule has 0 aliphatic rings. The second-order valence-electron chi connectivity index (χ2n) is 6.79. The van der Waals surface area contributed by atoms with E-state index in [0.29, 0.717) is 24.7 Å². The Morgan fingerprint density at radius 3 is 2.75 bits per heavy atom. The van der Waals surface area contributed by atoms with Gasteiger partial charge in [-0.25, -0.2) is 9.37 Å². The molecule has 0 bridgehead atoms. The van der Waals surface area contributed by atoms with Crippen molar-refractivity contribution in [1.82, 2.24) is 9.55 Å². The Hall–Kier alpha value is -0.483. The van der Waals surface area contributed by atoms with Crippen LogP contribution >= 0.6 is 34.2 Å². The molecule has 0 saturated heterocycles. The third kappa shape index (κ3) is 5.25. The number of aliphatic hydroxyl groups is 1. The molecule has 0 amide bonds. The highest BCUT2D eigenvalue weighted by atomic mass is 127. The van der Waals surface area contributed by atoms with Gasteiger partial charge in [0.15, 0.2) is 0 Å². The van der Waals surface area contributed by atoms with E-state index >= 15 is 0 Å². The Bertz CT molecular complexity index is 706. The number of nitrogens with zero attached hydrogens (tertiary/aromatic N) is 2. The van der Waals surface area contributed by atoms with Crippen LogP contribution in [0.4, 0.5) is 4.39 Å². The molecule has 1 N–H and O–H groups in total. The van der Waals surface area contributed by atoms with Crippen LogP contribution in [0.5, 0.6) is 0 Å². The number of aliphatic hydroxyl groups excluding tert-OH is 1. The van der Waals surface area contributed by atoms with Crippen LogP contribution < -0.4 is 0 Å². The van der Waals surface area contributed by atoms with Crippen LogP contribution in [0.1, 0.15) is 17.5 Å². The van der Waals surface area contributed by atoms with E-state index < -0.39 is 20.0 Å². The number of benzene rings is 1. The summed E-state index contributed by atoms with van der Waals surface area (Å²) < 4.78 is 21.7. The highest BCUT2D eigenvalue weighted by molar-refractivity contribution is 14.1. The molecule has 1 atom stereocenters. The molecule has 0 aliphatic carbocycles. The summed E-state index contributed by atoms with van der Waals surface area (Å²) in [5.74, 6) is -0.0599. The fraction of sp³-hybridized carbons (Fsp3) is 0.438. The lowest BCUT2D eigenvalue weighted by Crippen LogP contribution is -2.22. The van der Waals surface area contributed by atoms with E-state index in [9.17, 15) is 9.50 Å². The molecule has 24 heavy (non-hydrogen) atoms. The Kier molecular flexibility index (Phi) is 6.83. The van der Waals surface area contributed by atoms with Crippen LogP contribution in [0, 0.1) is 9.52 Å². The lowest BCUT2D eigenvalue weighted by molar-refractivity contribution is 0.0770. The van der Waals surface area contributed by atoms with Crippen molar-refractivity contribution in [3.05, 3.63) is 50.3 Å². The number of halogens is 3. The van der Waals surface area contributed by atoms with Crippen molar-refractivity contribution in [3.8, 4) is 0 Å². The third-order valence-electron chi connectivity index (χ3n) is 3.56. The number of aromatic nitrogens is 2. The van der Waals surface area contributed by atoms with Crippen molar-refractivity contribution in [3.63, 3.8) is 0 Å². The maximum Gasteiger partial charge on any atom is 0.145 e. The summed E-state index contributed by atoms with van der Waals surface area (Å²) in [5.41, 5.74) is 0.492. The molecule has 132 valence electrons. The number of rotatable bonds is 7. The summed E-state index contributed by atoms with van der Waals surface area (Å²) in [6, 6.07) is 5.23. The molecule has 2 rings (SSSR count). The van der Waals surface area contributed by atoms with Gasteiger partial charge >= 0.3 is 0 Å². The summed E-state index contributed by atoms with van der Waals surface area (Å²) in [7, 11) is -1.14. The lowest BCUT2D eigenvalue weighted by Gasteiger charge is -2.18. The van der Waals surface area contributed by atoms with E-state index in [-0.39, 0.29) is 5.02 Å². The fourth-order valence-corrected chi connectivity index (χ4v) is 3.55.